The molecule has 7 nitrogen and oxygen atoms in total. The number of amides is 1. The van der Waals surface area contributed by atoms with Gasteiger partial charge in [0.1, 0.15) is 5.75 Å². The van der Waals surface area contributed by atoms with Crippen LogP contribution in [0.1, 0.15) is 25.3 Å². The molecule has 0 radical (unpaired) electrons. The minimum Gasteiger partial charge on any atom is -0.494 e. The van der Waals surface area contributed by atoms with Crippen LogP contribution in [0.3, 0.4) is 0 Å². The number of nitrogens with one attached hydrogen (secondary N) is 1. The fourth-order valence-electron chi connectivity index (χ4n) is 3.63. The Hall–Kier alpha value is -2.42. The molecule has 1 atom stereocenters. The van der Waals surface area contributed by atoms with Crippen LogP contribution in [0.2, 0.25) is 0 Å². The molecule has 0 aromatic heterocycles. The van der Waals surface area contributed by atoms with Gasteiger partial charge in [-0.15, -0.1) is 0 Å². The number of piperazine rings is 1. The minimum atomic E-state index is -3.85. The Balaban J connectivity index is 1.84. The van der Waals surface area contributed by atoms with Gasteiger partial charge in [-0.05, 0) is 42.7 Å². The number of hydrogen-bond acceptors (Lipinski definition) is 5. The second kappa shape index (κ2) is 10.7. The number of carbonyl (C=O) groups is 1. The minimum absolute atomic E-state index is 0.0607. The van der Waals surface area contributed by atoms with Crippen LogP contribution in [-0.4, -0.2) is 69.4 Å². The molecular weight excluding hydrogens is 414 g/mol. The lowest BCUT2D eigenvalue weighted by molar-refractivity contribution is -0.132. The van der Waals surface area contributed by atoms with Crippen molar-refractivity contribution in [3.8, 4) is 5.75 Å². The van der Waals surface area contributed by atoms with E-state index in [-0.39, 0.29) is 29.8 Å². The number of ether oxygens (including phenoxy) is 1. The van der Waals surface area contributed by atoms with E-state index >= 15 is 0 Å². The lowest BCUT2D eigenvalue weighted by Crippen LogP contribution is -2.50. The molecule has 1 heterocycles. The maximum atomic E-state index is 13.5. The Morgan fingerprint density at radius 2 is 1.74 bits per heavy atom. The third-order valence-corrected chi connectivity index (χ3v) is 7.23. The smallest absolute Gasteiger partial charge is 0.243 e. The van der Waals surface area contributed by atoms with Gasteiger partial charge in [-0.3, -0.25) is 4.79 Å². The zero-order valence-electron chi connectivity index (χ0n) is 18.2. The predicted octanol–water partition coefficient (Wildman–Crippen LogP) is 2.31. The molecule has 0 spiro atoms. The van der Waals surface area contributed by atoms with E-state index in [1.54, 1.807) is 17.0 Å². The third kappa shape index (κ3) is 6.06. The van der Waals surface area contributed by atoms with Crippen molar-refractivity contribution in [1.29, 1.82) is 0 Å². The standard InChI is InChI=1S/C23H31N3O4S/c1-3-30-21-9-11-22(12-10-21)31(28,29)26(17-19(2)20-7-5-4-6-8-20)18-23(27)25-15-13-24-14-16-25/h4-12,19,24H,3,13-18H2,1-2H3/t19-/m0/s1. The summed E-state index contributed by atoms with van der Waals surface area (Å²) >= 11 is 0. The molecule has 1 aliphatic heterocycles. The summed E-state index contributed by atoms with van der Waals surface area (Å²) < 4.78 is 33.7. The highest BCUT2D eigenvalue weighted by Crippen LogP contribution is 2.24. The van der Waals surface area contributed by atoms with Crippen LogP contribution in [-0.2, 0) is 14.8 Å². The molecule has 1 amide bonds. The first-order valence-electron chi connectivity index (χ1n) is 10.7. The van der Waals surface area contributed by atoms with Crippen molar-refractivity contribution < 1.29 is 17.9 Å². The van der Waals surface area contributed by atoms with E-state index in [0.29, 0.717) is 25.4 Å². The van der Waals surface area contributed by atoms with E-state index in [1.807, 2.05) is 44.2 Å². The van der Waals surface area contributed by atoms with Gasteiger partial charge in [0.25, 0.3) is 0 Å². The summed E-state index contributed by atoms with van der Waals surface area (Å²) in [5, 5.41) is 3.21. The molecule has 8 heteroatoms. The first-order valence-corrected chi connectivity index (χ1v) is 12.1. The Labute approximate surface area is 185 Å². The summed E-state index contributed by atoms with van der Waals surface area (Å²) in [6.45, 7) is 7.02. The van der Waals surface area contributed by atoms with Gasteiger partial charge >= 0.3 is 0 Å². The summed E-state index contributed by atoms with van der Waals surface area (Å²) in [5.74, 6) is 0.383. The molecule has 0 saturated carbocycles. The van der Waals surface area contributed by atoms with Gasteiger partial charge < -0.3 is 15.0 Å². The van der Waals surface area contributed by atoms with Crippen LogP contribution in [0.5, 0.6) is 5.75 Å². The van der Waals surface area contributed by atoms with Crippen LogP contribution >= 0.6 is 0 Å². The first-order chi connectivity index (χ1) is 14.9. The van der Waals surface area contributed by atoms with Crippen LogP contribution in [0, 0.1) is 0 Å². The Morgan fingerprint density at radius 3 is 2.35 bits per heavy atom. The monoisotopic (exact) mass is 445 g/mol. The highest BCUT2D eigenvalue weighted by atomic mass is 32.2. The summed E-state index contributed by atoms with van der Waals surface area (Å²) in [5.41, 5.74) is 1.03. The molecule has 2 aromatic carbocycles. The quantitative estimate of drug-likeness (QED) is 0.641. The normalized spacial score (nSPS) is 15.6. The number of rotatable bonds is 9. The average molecular weight is 446 g/mol. The van der Waals surface area contributed by atoms with Crippen molar-refractivity contribution in [2.75, 3.05) is 45.9 Å². The predicted molar refractivity (Wildman–Crippen MR) is 121 cm³/mol. The van der Waals surface area contributed by atoms with Gasteiger partial charge in [0.2, 0.25) is 15.9 Å². The van der Waals surface area contributed by atoms with E-state index in [1.165, 1.54) is 16.4 Å². The van der Waals surface area contributed by atoms with Gasteiger partial charge in [0.05, 0.1) is 18.0 Å². The molecular formula is C23H31N3O4S. The third-order valence-electron chi connectivity index (χ3n) is 5.40. The molecule has 168 valence electrons. The highest BCUT2D eigenvalue weighted by molar-refractivity contribution is 7.89. The summed E-state index contributed by atoms with van der Waals surface area (Å²) in [6, 6.07) is 16.1. The van der Waals surface area contributed by atoms with Crippen molar-refractivity contribution in [2.45, 2.75) is 24.7 Å². The van der Waals surface area contributed by atoms with Crippen molar-refractivity contribution in [1.82, 2.24) is 14.5 Å². The SMILES string of the molecule is CCOc1ccc(S(=O)(=O)N(CC(=O)N2CCNCC2)C[C@H](C)c2ccccc2)cc1. The average Bonchev–Trinajstić information content (AvgIpc) is 2.80. The zero-order valence-corrected chi connectivity index (χ0v) is 19.0. The van der Waals surface area contributed by atoms with Crippen molar-refractivity contribution >= 4 is 15.9 Å². The number of benzene rings is 2. The van der Waals surface area contributed by atoms with Crippen LogP contribution in [0.15, 0.2) is 59.5 Å². The first kappa shape index (κ1) is 23.2. The van der Waals surface area contributed by atoms with Crippen LogP contribution in [0.25, 0.3) is 0 Å². The number of nitrogens with zero attached hydrogens (tertiary/aromatic N) is 2. The van der Waals surface area contributed by atoms with E-state index < -0.39 is 10.0 Å². The number of carbonyl (C=O) groups excluding carboxylic acids is 1. The number of hydrogen-bond donors (Lipinski definition) is 1. The second-order valence-corrected chi connectivity index (χ2v) is 9.58. The molecule has 1 N–H and O–H groups in total. The molecule has 0 aliphatic carbocycles. The lowest BCUT2D eigenvalue weighted by Gasteiger charge is -2.31. The van der Waals surface area contributed by atoms with E-state index in [2.05, 4.69) is 5.32 Å². The van der Waals surface area contributed by atoms with Crippen molar-refractivity contribution in [2.24, 2.45) is 0 Å². The molecule has 0 unspecified atom stereocenters. The second-order valence-electron chi connectivity index (χ2n) is 7.64. The summed E-state index contributed by atoms with van der Waals surface area (Å²) in [6.07, 6.45) is 0. The topological polar surface area (TPSA) is 79.0 Å². The molecule has 1 aliphatic rings. The maximum Gasteiger partial charge on any atom is 0.243 e. The Bertz CT molecular complexity index is 943. The fraction of sp³-hybridized carbons (Fsp3) is 0.435. The molecule has 1 saturated heterocycles. The van der Waals surface area contributed by atoms with Gasteiger partial charge in [-0.2, -0.15) is 4.31 Å². The van der Waals surface area contributed by atoms with Gasteiger partial charge in [-0.1, -0.05) is 37.3 Å². The molecule has 3 rings (SSSR count). The molecule has 31 heavy (non-hydrogen) atoms. The zero-order chi connectivity index (χ0) is 22.3. The van der Waals surface area contributed by atoms with E-state index in [9.17, 15) is 13.2 Å². The highest BCUT2D eigenvalue weighted by Gasteiger charge is 2.30. The summed E-state index contributed by atoms with van der Waals surface area (Å²) in [4.78, 5) is 14.8. The molecule has 1 fully saturated rings. The van der Waals surface area contributed by atoms with E-state index in [0.717, 1.165) is 18.7 Å². The van der Waals surface area contributed by atoms with Gasteiger partial charge in [0.15, 0.2) is 0 Å². The summed E-state index contributed by atoms with van der Waals surface area (Å²) in [7, 11) is -3.85. The van der Waals surface area contributed by atoms with Crippen molar-refractivity contribution in [3.05, 3.63) is 60.2 Å². The largest absolute Gasteiger partial charge is 0.494 e. The van der Waals surface area contributed by atoms with Gasteiger partial charge in [0, 0.05) is 32.7 Å². The molecule has 2 aromatic rings. The van der Waals surface area contributed by atoms with Crippen LogP contribution in [0.4, 0.5) is 0 Å². The maximum absolute atomic E-state index is 13.5. The molecule has 0 bridgehead atoms. The van der Waals surface area contributed by atoms with Crippen LogP contribution < -0.4 is 10.1 Å². The Morgan fingerprint density at radius 1 is 1.10 bits per heavy atom. The van der Waals surface area contributed by atoms with E-state index in [4.69, 9.17) is 4.74 Å². The Kier molecular flexibility index (Phi) is 8.06. The lowest BCUT2D eigenvalue weighted by atomic mass is 10.0. The van der Waals surface area contributed by atoms with Gasteiger partial charge in [-0.25, -0.2) is 8.42 Å². The van der Waals surface area contributed by atoms with Crippen molar-refractivity contribution in [3.63, 3.8) is 0 Å². The number of sulfonamides is 1. The fourth-order valence-corrected chi connectivity index (χ4v) is 5.11.